The number of allylic oxidation sites excluding steroid dienone is 5. The maximum absolute atomic E-state index is 6.28. The lowest BCUT2D eigenvalue weighted by Crippen LogP contribution is -2.16. The van der Waals surface area contributed by atoms with Crippen molar-refractivity contribution in [2.75, 3.05) is 11.9 Å². The largest absolute Gasteiger partial charge is 0.454 e. The summed E-state index contributed by atoms with van der Waals surface area (Å²) in [7, 11) is 2.11. The molecule has 1 aliphatic rings. The summed E-state index contributed by atoms with van der Waals surface area (Å²) in [5, 5.41) is 2.36. The van der Waals surface area contributed by atoms with Crippen LogP contribution in [-0.4, -0.2) is 7.05 Å². The van der Waals surface area contributed by atoms with Crippen LogP contribution in [0.5, 0.6) is 0 Å². The molecule has 2 nitrogen and oxygen atoms in total. The van der Waals surface area contributed by atoms with E-state index in [9.17, 15) is 0 Å². The first-order valence-electron chi connectivity index (χ1n) is 8.34. The number of rotatable bonds is 2. The van der Waals surface area contributed by atoms with E-state index in [4.69, 9.17) is 4.42 Å². The number of hydrogen-bond acceptors (Lipinski definition) is 2. The summed E-state index contributed by atoms with van der Waals surface area (Å²) in [6, 6.07) is 12.7. The van der Waals surface area contributed by atoms with Crippen LogP contribution in [0, 0.1) is 6.92 Å². The van der Waals surface area contributed by atoms with E-state index in [1.807, 2.05) is 0 Å². The predicted molar refractivity (Wildman–Crippen MR) is 102 cm³/mol. The molecule has 2 heteroatoms. The maximum Gasteiger partial charge on any atom is 0.159 e. The lowest BCUT2D eigenvalue weighted by molar-refractivity contribution is 0.665. The van der Waals surface area contributed by atoms with Gasteiger partial charge >= 0.3 is 0 Å². The third kappa shape index (κ3) is 2.35. The molecule has 0 amide bonds. The monoisotopic (exact) mass is 315 g/mol. The Hall–Kier alpha value is -2.74. The molecular weight excluding hydrogens is 294 g/mol. The average molecular weight is 315 g/mol. The number of furan rings is 1. The fourth-order valence-electron chi connectivity index (χ4n) is 3.33. The molecule has 0 saturated heterocycles. The SMILES string of the molecule is CC1=CC=C(N(C)c2cccc3c2oc2c(C)cccc23)CC=C1. The summed E-state index contributed by atoms with van der Waals surface area (Å²) in [4.78, 5) is 2.24. The Labute approximate surface area is 142 Å². The van der Waals surface area contributed by atoms with Crippen LogP contribution in [0.15, 0.2) is 76.4 Å². The Morgan fingerprint density at radius 3 is 2.50 bits per heavy atom. The second kappa shape index (κ2) is 5.72. The standard InChI is InChI=1S/C22H21NO/c1-15-7-4-9-17(14-13-15)23(3)20-12-6-11-19-18-10-5-8-16(2)21(18)24-22(19)20/h4-8,10-14H,9H2,1-3H3. The zero-order chi connectivity index (χ0) is 16.7. The normalized spacial score (nSPS) is 14.6. The highest BCUT2D eigenvalue weighted by molar-refractivity contribution is 6.09. The van der Waals surface area contributed by atoms with Crippen molar-refractivity contribution in [3.05, 3.63) is 77.5 Å². The van der Waals surface area contributed by atoms with Crippen LogP contribution in [0.4, 0.5) is 5.69 Å². The fourth-order valence-corrected chi connectivity index (χ4v) is 3.33. The zero-order valence-corrected chi connectivity index (χ0v) is 14.3. The number of para-hydroxylation sites is 2. The first-order valence-corrected chi connectivity index (χ1v) is 8.34. The molecule has 2 aromatic carbocycles. The molecule has 0 saturated carbocycles. The highest BCUT2D eigenvalue weighted by atomic mass is 16.3. The number of aryl methyl sites for hydroxylation is 1. The minimum absolute atomic E-state index is 0.917. The summed E-state index contributed by atoms with van der Waals surface area (Å²) in [5.74, 6) is 0. The zero-order valence-electron chi connectivity index (χ0n) is 14.3. The molecule has 0 fully saturated rings. The maximum atomic E-state index is 6.28. The number of benzene rings is 2. The molecule has 1 aliphatic carbocycles. The molecule has 0 N–H and O–H groups in total. The summed E-state index contributed by atoms with van der Waals surface area (Å²) >= 11 is 0. The molecule has 1 aromatic heterocycles. The van der Waals surface area contributed by atoms with E-state index >= 15 is 0 Å². The van der Waals surface area contributed by atoms with Crippen molar-refractivity contribution in [1.29, 1.82) is 0 Å². The number of nitrogens with zero attached hydrogens (tertiary/aromatic N) is 1. The van der Waals surface area contributed by atoms with Crippen LogP contribution in [0.2, 0.25) is 0 Å². The van der Waals surface area contributed by atoms with Crippen LogP contribution in [-0.2, 0) is 0 Å². The Morgan fingerprint density at radius 2 is 1.67 bits per heavy atom. The molecule has 0 bridgehead atoms. The Bertz CT molecular complexity index is 1020. The van der Waals surface area contributed by atoms with Crippen LogP contribution >= 0.6 is 0 Å². The quantitative estimate of drug-likeness (QED) is 0.566. The van der Waals surface area contributed by atoms with E-state index < -0.39 is 0 Å². The Morgan fingerprint density at radius 1 is 0.917 bits per heavy atom. The van der Waals surface area contributed by atoms with Gasteiger partial charge in [-0.15, -0.1) is 0 Å². The summed E-state index contributed by atoms with van der Waals surface area (Å²) in [5.41, 5.74) is 6.75. The predicted octanol–water partition coefficient (Wildman–Crippen LogP) is 6.12. The summed E-state index contributed by atoms with van der Waals surface area (Å²) in [6.45, 7) is 4.22. The molecular formula is C22H21NO. The summed E-state index contributed by atoms with van der Waals surface area (Å²) in [6.07, 6.45) is 9.66. The van der Waals surface area contributed by atoms with Gasteiger partial charge in [-0.1, -0.05) is 54.1 Å². The van der Waals surface area contributed by atoms with Crippen molar-refractivity contribution in [3.63, 3.8) is 0 Å². The average Bonchev–Trinajstić information content (AvgIpc) is 2.84. The number of hydrogen-bond donors (Lipinski definition) is 0. The van der Waals surface area contributed by atoms with Gasteiger partial charge in [0.2, 0.25) is 0 Å². The van der Waals surface area contributed by atoms with Gasteiger partial charge in [-0.3, -0.25) is 0 Å². The van der Waals surface area contributed by atoms with Gasteiger partial charge < -0.3 is 9.32 Å². The molecule has 0 atom stereocenters. The van der Waals surface area contributed by atoms with Crippen molar-refractivity contribution >= 4 is 27.6 Å². The van der Waals surface area contributed by atoms with Gasteiger partial charge in [0.05, 0.1) is 5.69 Å². The third-order valence-electron chi connectivity index (χ3n) is 4.74. The minimum Gasteiger partial charge on any atom is -0.454 e. The second-order valence-corrected chi connectivity index (χ2v) is 6.44. The fraction of sp³-hybridized carbons (Fsp3) is 0.182. The van der Waals surface area contributed by atoms with Gasteiger partial charge in [0.25, 0.3) is 0 Å². The van der Waals surface area contributed by atoms with Crippen molar-refractivity contribution in [2.24, 2.45) is 0 Å². The van der Waals surface area contributed by atoms with E-state index in [0.29, 0.717) is 0 Å². The second-order valence-electron chi connectivity index (χ2n) is 6.44. The highest BCUT2D eigenvalue weighted by Crippen LogP contribution is 2.37. The van der Waals surface area contributed by atoms with E-state index in [0.717, 1.165) is 23.3 Å². The van der Waals surface area contributed by atoms with Crippen LogP contribution < -0.4 is 4.90 Å². The molecule has 4 rings (SSSR count). The Kier molecular flexibility index (Phi) is 3.53. The molecule has 1 heterocycles. The molecule has 120 valence electrons. The van der Waals surface area contributed by atoms with E-state index in [1.165, 1.54) is 27.6 Å². The molecule has 24 heavy (non-hydrogen) atoms. The van der Waals surface area contributed by atoms with E-state index in [-0.39, 0.29) is 0 Å². The molecule has 0 radical (unpaired) electrons. The van der Waals surface area contributed by atoms with Crippen molar-refractivity contribution in [1.82, 2.24) is 0 Å². The topological polar surface area (TPSA) is 16.4 Å². The molecule has 3 aromatic rings. The number of anilines is 1. The lowest BCUT2D eigenvalue weighted by atomic mass is 10.1. The summed E-state index contributed by atoms with van der Waals surface area (Å²) < 4.78 is 6.28. The first-order chi connectivity index (χ1) is 11.6. The van der Waals surface area contributed by atoms with Crippen LogP contribution in [0.25, 0.3) is 21.9 Å². The van der Waals surface area contributed by atoms with Crippen molar-refractivity contribution in [3.8, 4) is 0 Å². The lowest BCUT2D eigenvalue weighted by Gasteiger charge is -2.21. The van der Waals surface area contributed by atoms with Gasteiger partial charge in [-0.2, -0.15) is 0 Å². The third-order valence-corrected chi connectivity index (χ3v) is 4.74. The van der Waals surface area contributed by atoms with Gasteiger partial charge in [0.1, 0.15) is 5.58 Å². The number of fused-ring (bicyclic) bond motifs is 3. The van der Waals surface area contributed by atoms with Crippen molar-refractivity contribution < 1.29 is 4.42 Å². The van der Waals surface area contributed by atoms with E-state index in [2.05, 4.69) is 86.5 Å². The van der Waals surface area contributed by atoms with Gasteiger partial charge in [0, 0.05) is 29.9 Å². The van der Waals surface area contributed by atoms with Gasteiger partial charge in [0.15, 0.2) is 5.58 Å². The molecule has 0 spiro atoms. The van der Waals surface area contributed by atoms with Gasteiger partial charge in [-0.05, 0) is 31.6 Å². The van der Waals surface area contributed by atoms with Gasteiger partial charge in [-0.25, -0.2) is 0 Å². The van der Waals surface area contributed by atoms with Crippen LogP contribution in [0.3, 0.4) is 0 Å². The van der Waals surface area contributed by atoms with Crippen LogP contribution in [0.1, 0.15) is 18.9 Å². The molecule has 0 unspecified atom stereocenters. The highest BCUT2D eigenvalue weighted by Gasteiger charge is 2.16. The Balaban J connectivity index is 1.89. The smallest absolute Gasteiger partial charge is 0.159 e. The first kappa shape index (κ1) is 14.8. The van der Waals surface area contributed by atoms with Crippen molar-refractivity contribution in [2.45, 2.75) is 20.3 Å². The minimum atomic E-state index is 0.917. The molecule has 0 aliphatic heterocycles. The van der Waals surface area contributed by atoms with E-state index in [1.54, 1.807) is 0 Å².